The van der Waals surface area contributed by atoms with Gasteiger partial charge < -0.3 is 5.11 Å². The summed E-state index contributed by atoms with van der Waals surface area (Å²) in [5, 5.41) is 11.5. The van der Waals surface area contributed by atoms with Crippen LogP contribution in [-0.2, 0) is 5.60 Å². The second-order valence-electron chi connectivity index (χ2n) is 6.62. The summed E-state index contributed by atoms with van der Waals surface area (Å²) in [6.07, 6.45) is 6.53. The van der Waals surface area contributed by atoms with Gasteiger partial charge in [-0.15, -0.1) is 0 Å². The van der Waals surface area contributed by atoms with E-state index < -0.39 is 5.60 Å². The predicted octanol–water partition coefficient (Wildman–Crippen LogP) is 4.19. The maximum absolute atomic E-state index is 11.5. The monoisotopic (exact) mass is 313 g/mol. The highest BCUT2D eigenvalue weighted by molar-refractivity contribution is 5.26. The predicted molar refractivity (Wildman–Crippen MR) is 97.1 cm³/mol. The third-order valence-electron chi connectivity index (χ3n) is 5.23. The Bertz CT molecular complexity index is 506. The molecule has 2 heteroatoms. The first kappa shape index (κ1) is 18.0. The second-order valence-corrected chi connectivity index (χ2v) is 6.62. The minimum Gasteiger partial charge on any atom is -0.384 e. The summed E-state index contributed by atoms with van der Waals surface area (Å²) in [6.45, 7) is 7.16. The van der Waals surface area contributed by atoms with E-state index in [9.17, 15) is 5.11 Å². The average molecular weight is 313 g/mol. The first-order valence-electron chi connectivity index (χ1n) is 9.16. The van der Waals surface area contributed by atoms with Gasteiger partial charge in [0.05, 0.1) is 6.54 Å². The van der Waals surface area contributed by atoms with Gasteiger partial charge >= 0.3 is 0 Å². The minimum absolute atomic E-state index is 0.335. The molecule has 2 rings (SSSR count). The van der Waals surface area contributed by atoms with Crippen LogP contribution in [0.4, 0.5) is 0 Å². The van der Waals surface area contributed by atoms with E-state index in [-0.39, 0.29) is 0 Å². The molecule has 1 aromatic rings. The minimum atomic E-state index is -0.794. The molecule has 1 aromatic carbocycles. The SMILES string of the molecule is CCN(CC)CC#CC[C@@](O)(c1ccccc1)C1CCCCC1. The van der Waals surface area contributed by atoms with Crippen LogP contribution in [0.5, 0.6) is 0 Å². The lowest BCUT2D eigenvalue weighted by Gasteiger charge is -2.38. The normalized spacial score (nSPS) is 18.3. The fourth-order valence-electron chi connectivity index (χ4n) is 3.60. The highest BCUT2D eigenvalue weighted by Crippen LogP contribution is 2.41. The summed E-state index contributed by atoms with van der Waals surface area (Å²) < 4.78 is 0. The first-order valence-corrected chi connectivity index (χ1v) is 9.16. The van der Waals surface area contributed by atoms with Crippen molar-refractivity contribution in [3.05, 3.63) is 35.9 Å². The van der Waals surface area contributed by atoms with E-state index in [2.05, 4.69) is 42.7 Å². The Kier molecular flexibility index (Phi) is 7.15. The maximum atomic E-state index is 11.5. The van der Waals surface area contributed by atoms with Gasteiger partial charge in [-0.3, -0.25) is 4.90 Å². The highest BCUT2D eigenvalue weighted by Gasteiger charge is 2.38. The van der Waals surface area contributed by atoms with E-state index in [4.69, 9.17) is 0 Å². The molecule has 1 aliphatic rings. The number of benzene rings is 1. The van der Waals surface area contributed by atoms with Crippen LogP contribution >= 0.6 is 0 Å². The molecular weight excluding hydrogens is 282 g/mol. The van der Waals surface area contributed by atoms with E-state index in [0.29, 0.717) is 12.3 Å². The smallest absolute Gasteiger partial charge is 0.103 e. The molecule has 0 saturated heterocycles. The molecule has 1 fully saturated rings. The van der Waals surface area contributed by atoms with Gasteiger partial charge in [-0.2, -0.15) is 0 Å². The number of hydrogen-bond donors (Lipinski definition) is 1. The third kappa shape index (κ3) is 4.83. The van der Waals surface area contributed by atoms with Gasteiger partial charge in [-0.05, 0) is 37.4 Å². The number of rotatable bonds is 6. The zero-order valence-corrected chi connectivity index (χ0v) is 14.7. The van der Waals surface area contributed by atoms with Crippen molar-refractivity contribution in [1.29, 1.82) is 0 Å². The number of nitrogens with zero attached hydrogens (tertiary/aromatic N) is 1. The van der Waals surface area contributed by atoms with Crippen molar-refractivity contribution >= 4 is 0 Å². The maximum Gasteiger partial charge on any atom is 0.103 e. The molecule has 0 heterocycles. The van der Waals surface area contributed by atoms with Crippen LogP contribution in [0.3, 0.4) is 0 Å². The third-order valence-corrected chi connectivity index (χ3v) is 5.23. The molecule has 0 bridgehead atoms. The standard InChI is InChI=1S/C21H31NO/c1-3-22(4-2)18-12-11-17-21(23,19-13-7-5-8-14-19)20-15-9-6-10-16-20/h5,7-8,13-14,20,23H,3-4,6,9-10,15-18H2,1-2H3/t21-/m1/s1. The van der Waals surface area contributed by atoms with Crippen molar-refractivity contribution in [3.8, 4) is 11.8 Å². The van der Waals surface area contributed by atoms with Crippen LogP contribution in [-0.4, -0.2) is 29.6 Å². The van der Waals surface area contributed by atoms with Crippen LogP contribution in [0.2, 0.25) is 0 Å². The Morgan fingerprint density at radius 2 is 1.70 bits per heavy atom. The second kappa shape index (κ2) is 9.11. The lowest BCUT2D eigenvalue weighted by molar-refractivity contribution is -0.0344. The van der Waals surface area contributed by atoms with Gasteiger partial charge in [0, 0.05) is 6.42 Å². The van der Waals surface area contributed by atoms with Crippen LogP contribution in [0, 0.1) is 17.8 Å². The van der Waals surface area contributed by atoms with Gasteiger partial charge in [0.1, 0.15) is 5.60 Å². The Balaban J connectivity index is 2.12. The largest absolute Gasteiger partial charge is 0.384 e. The molecule has 0 aromatic heterocycles. The Morgan fingerprint density at radius 1 is 1.04 bits per heavy atom. The number of hydrogen-bond acceptors (Lipinski definition) is 2. The molecule has 0 amide bonds. The summed E-state index contributed by atoms with van der Waals surface area (Å²) in [5.41, 5.74) is 0.238. The molecule has 126 valence electrons. The summed E-state index contributed by atoms with van der Waals surface area (Å²) in [7, 11) is 0. The van der Waals surface area contributed by atoms with Gasteiger partial charge in [-0.1, -0.05) is 75.3 Å². The zero-order chi connectivity index (χ0) is 16.5. The van der Waals surface area contributed by atoms with E-state index in [1.54, 1.807) is 0 Å². The van der Waals surface area contributed by atoms with Crippen LogP contribution < -0.4 is 0 Å². The van der Waals surface area contributed by atoms with Crippen LogP contribution in [0.25, 0.3) is 0 Å². The molecule has 0 radical (unpaired) electrons. The molecule has 0 unspecified atom stereocenters. The summed E-state index contributed by atoms with van der Waals surface area (Å²) in [6, 6.07) is 10.2. The fraction of sp³-hybridized carbons (Fsp3) is 0.619. The van der Waals surface area contributed by atoms with E-state index in [0.717, 1.165) is 38.0 Å². The summed E-state index contributed by atoms with van der Waals surface area (Å²) in [5.74, 6) is 6.88. The van der Waals surface area contributed by atoms with Crippen LogP contribution in [0.15, 0.2) is 30.3 Å². The number of aliphatic hydroxyl groups is 1. The summed E-state index contributed by atoms with van der Waals surface area (Å²) in [4.78, 5) is 2.30. The van der Waals surface area contributed by atoms with E-state index in [1.807, 2.05) is 18.2 Å². The van der Waals surface area contributed by atoms with E-state index in [1.165, 1.54) is 19.3 Å². The highest BCUT2D eigenvalue weighted by atomic mass is 16.3. The Hall–Kier alpha value is -1.30. The Morgan fingerprint density at radius 3 is 2.30 bits per heavy atom. The van der Waals surface area contributed by atoms with Gasteiger partial charge in [-0.25, -0.2) is 0 Å². The lowest BCUT2D eigenvalue weighted by Crippen LogP contribution is -2.36. The van der Waals surface area contributed by atoms with Crippen LogP contribution in [0.1, 0.15) is 57.9 Å². The lowest BCUT2D eigenvalue weighted by atomic mass is 9.72. The quantitative estimate of drug-likeness (QED) is 0.796. The molecule has 0 spiro atoms. The average Bonchev–Trinajstić information content (AvgIpc) is 2.63. The summed E-state index contributed by atoms with van der Waals surface area (Å²) >= 11 is 0. The van der Waals surface area contributed by atoms with Crippen molar-refractivity contribution in [2.24, 2.45) is 5.92 Å². The molecule has 0 aliphatic heterocycles. The van der Waals surface area contributed by atoms with Crippen molar-refractivity contribution in [1.82, 2.24) is 4.90 Å². The van der Waals surface area contributed by atoms with Crippen molar-refractivity contribution < 1.29 is 5.11 Å². The van der Waals surface area contributed by atoms with Crippen molar-refractivity contribution in [2.45, 2.75) is 58.0 Å². The molecule has 2 nitrogen and oxygen atoms in total. The molecule has 23 heavy (non-hydrogen) atoms. The zero-order valence-electron chi connectivity index (χ0n) is 14.7. The van der Waals surface area contributed by atoms with Gasteiger partial charge in [0.25, 0.3) is 0 Å². The first-order chi connectivity index (χ1) is 11.2. The Labute approximate surface area is 141 Å². The topological polar surface area (TPSA) is 23.5 Å². The molecular formula is C21H31NO. The van der Waals surface area contributed by atoms with Gasteiger partial charge in [0.2, 0.25) is 0 Å². The molecule has 1 saturated carbocycles. The fourth-order valence-corrected chi connectivity index (χ4v) is 3.60. The van der Waals surface area contributed by atoms with Crippen molar-refractivity contribution in [3.63, 3.8) is 0 Å². The van der Waals surface area contributed by atoms with Crippen molar-refractivity contribution in [2.75, 3.05) is 19.6 Å². The molecule has 1 atom stereocenters. The molecule has 1 aliphatic carbocycles. The van der Waals surface area contributed by atoms with E-state index >= 15 is 0 Å². The van der Waals surface area contributed by atoms with Gasteiger partial charge in [0.15, 0.2) is 0 Å². The molecule has 1 N–H and O–H groups in total.